The fraction of sp³-hybridized carbons (Fsp3) is 0.0833. The Balaban J connectivity index is 2.47. The number of hydrogen-bond donors (Lipinski definition) is 2. The Morgan fingerprint density at radius 2 is 2.06 bits per heavy atom. The van der Waals surface area contributed by atoms with Gasteiger partial charge in [-0.25, -0.2) is 4.79 Å². The number of nitrogens with one attached hydrogen (secondary N) is 1. The van der Waals surface area contributed by atoms with Crippen molar-refractivity contribution in [1.82, 2.24) is 9.55 Å². The molecule has 0 spiro atoms. The summed E-state index contributed by atoms with van der Waals surface area (Å²) in [5.74, 6) is 0. The van der Waals surface area contributed by atoms with Crippen LogP contribution in [0.3, 0.4) is 0 Å². The summed E-state index contributed by atoms with van der Waals surface area (Å²) in [5.41, 5.74) is 5.42. The van der Waals surface area contributed by atoms with Crippen molar-refractivity contribution in [2.75, 3.05) is 5.73 Å². The van der Waals surface area contributed by atoms with E-state index in [4.69, 9.17) is 11.0 Å². The van der Waals surface area contributed by atoms with Gasteiger partial charge in [-0.15, -0.1) is 0 Å². The number of nitriles is 1. The van der Waals surface area contributed by atoms with E-state index in [0.29, 0.717) is 11.1 Å². The van der Waals surface area contributed by atoms with Gasteiger partial charge in [-0.1, -0.05) is 18.2 Å². The number of aromatic nitrogens is 2. The third-order valence-electron chi connectivity index (χ3n) is 2.52. The van der Waals surface area contributed by atoms with Gasteiger partial charge in [0.1, 0.15) is 5.69 Å². The smallest absolute Gasteiger partial charge is 0.328 e. The van der Waals surface area contributed by atoms with Gasteiger partial charge < -0.3 is 5.73 Å². The quantitative estimate of drug-likeness (QED) is 0.775. The molecule has 6 heteroatoms. The molecule has 0 aliphatic rings. The molecule has 0 atom stereocenters. The fourth-order valence-electron chi connectivity index (χ4n) is 1.59. The van der Waals surface area contributed by atoms with Crippen molar-refractivity contribution in [3.63, 3.8) is 0 Å². The summed E-state index contributed by atoms with van der Waals surface area (Å²) in [6, 6.07) is 8.96. The summed E-state index contributed by atoms with van der Waals surface area (Å²) >= 11 is 0. The van der Waals surface area contributed by atoms with Gasteiger partial charge in [-0.2, -0.15) is 5.26 Å². The van der Waals surface area contributed by atoms with E-state index in [1.54, 1.807) is 24.3 Å². The van der Waals surface area contributed by atoms with E-state index in [0.717, 1.165) is 0 Å². The molecule has 3 N–H and O–H groups in total. The number of H-pyrrole nitrogens is 1. The van der Waals surface area contributed by atoms with Crippen LogP contribution < -0.4 is 17.0 Å². The lowest BCUT2D eigenvalue weighted by Crippen LogP contribution is -2.31. The Labute approximate surface area is 102 Å². The van der Waals surface area contributed by atoms with Gasteiger partial charge in [0, 0.05) is 6.20 Å². The van der Waals surface area contributed by atoms with E-state index in [-0.39, 0.29) is 12.2 Å². The third-order valence-corrected chi connectivity index (χ3v) is 2.52. The Morgan fingerprint density at radius 3 is 2.78 bits per heavy atom. The molecule has 1 aromatic heterocycles. The van der Waals surface area contributed by atoms with Crippen LogP contribution in [0.1, 0.15) is 11.1 Å². The van der Waals surface area contributed by atoms with E-state index < -0.39 is 11.2 Å². The molecular weight excluding hydrogens is 232 g/mol. The number of benzene rings is 1. The van der Waals surface area contributed by atoms with Gasteiger partial charge >= 0.3 is 5.69 Å². The van der Waals surface area contributed by atoms with E-state index in [1.165, 1.54) is 10.8 Å². The minimum absolute atomic E-state index is 0.0379. The van der Waals surface area contributed by atoms with Gasteiger partial charge in [0.25, 0.3) is 5.56 Å². The Kier molecular flexibility index (Phi) is 2.98. The predicted octanol–water partition coefficient (Wildman–Crippen LogP) is 0.0388. The first kappa shape index (κ1) is 11.7. The van der Waals surface area contributed by atoms with Crippen LogP contribution in [0.4, 0.5) is 5.69 Å². The fourth-order valence-corrected chi connectivity index (χ4v) is 1.59. The first-order chi connectivity index (χ1) is 8.61. The van der Waals surface area contributed by atoms with Crippen LogP contribution in [-0.4, -0.2) is 9.55 Å². The molecule has 0 bridgehead atoms. The number of hydrogen-bond acceptors (Lipinski definition) is 4. The molecule has 1 heterocycles. The highest BCUT2D eigenvalue weighted by molar-refractivity contribution is 5.38. The van der Waals surface area contributed by atoms with Crippen molar-refractivity contribution in [2.24, 2.45) is 0 Å². The Morgan fingerprint density at radius 1 is 1.33 bits per heavy atom. The largest absolute Gasteiger partial charge is 0.393 e. The summed E-state index contributed by atoms with van der Waals surface area (Å²) in [5, 5.41) is 8.94. The zero-order valence-electron chi connectivity index (χ0n) is 9.38. The van der Waals surface area contributed by atoms with E-state index in [2.05, 4.69) is 4.98 Å². The maximum atomic E-state index is 11.6. The second-order valence-electron chi connectivity index (χ2n) is 3.74. The molecule has 0 unspecified atom stereocenters. The minimum Gasteiger partial charge on any atom is -0.393 e. The Hall–Kier alpha value is -2.81. The standard InChI is InChI=1S/C12H10N4O2/c13-5-8-3-1-2-4-9(8)6-16-7-10(14)11(17)15-12(16)18/h1-4,7H,6,14H2,(H,15,17,18). The van der Waals surface area contributed by atoms with Crippen molar-refractivity contribution in [2.45, 2.75) is 6.54 Å². The van der Waals surface area contributed by atoms with Gasteiger partial charge in [0.15, 0.2) is 0 Å². The average molecular weight is 242 g/mol. The molecule has 6 nitrogen and oxygen atoms in total. The van der Waals surface area contributed by atoms with Crippen molar-refractivity contribution >= 4 is 5.69 Å². The molecule has 0 aliphatic heterocycles. The molecule has 0 saturated carbocycles. The predicted molar refractivity (Wildman–Crippen MR) is 66.0 cm³/mol. The highest BCUT2D eigenvalue weighted by Gasteiger charge is 2.05. The second kappa shape index (κ2) is 4.59. The number of nitrogen functional groups attached to an aromatic ring is 1. The lowest BCUT2D eigenvalue weighted by molar-refractivity contribution is 0.722. The summed E-state index contributed by atoms with van der Waals surface area (Å²) in [6.07, 6.45) is 1.27. The SMILES string of the molecule is N#Cc1ccccc1Cn1cc(N)c(=O)[nH]c1=O. The molecule has 0 aliphatic carbocycles. The summed E-state index contributed by atoms with van der Waals surface area (Å²) < 4.78 is 1.26. The van der Waals surface area contributed by atoms with E-state index >= 15 is 0 Å². The summed E-state index contributed by atoms with van der Waals surface area (Å²) in [4.78, 5) is 24.8. The second-order valence-corrected chi connectivity index (χ2v) is 3.74. The Bertz CT molecular complexity index is 737. The normalized spacial score (nSPS) is 9.94. The van der Waals surface area contributed by atoms with Crippen molar-refractivity contribution < 1.29 is 0 Å². The summed E-state index contributed by atoms with van der Waals surface area (Å²) in [7, 11) is 0. The van der Waals surface area contributed by atoms with Gasteiger partial charge in [-0.3, -0.25) is 14.3 Å². The number of anilines is 1. The maximum Gasteiger partial charge on any atom is 0.328 e. The first-order valence-corrected chi connectivity index (χ1v) is 5.19. The van der Waals surface area contributed by atoms with Crippen LogP contribution in [-0.2, 0) is 6.54 Å². The highest BCUT2D eigenvalue weighted by Crippen LogP contribution is 2.08. The van der Waals surface area contributed by atoms with E-state index in [1.807, 2.05) is 6.07 Å². The first-order valence-electron chi connectivity index (χ1n) is 5.19. The van der Waals surface area contributed by atoms with Crippen molar-refractivity contribution in [1.29, 1.82) is 5.26 Å². The molecule has 0 fully saturated rings. The molecule has 0 amide bonds. The molecule has 0 saturated heterocycles. The third kappa shape index (κ3) is 2.15. The van der Waals surface area contributed by atoms with Crippen LogP contribution in [0.2, 0.25) is 0 Å². The highest BCUT2D eigenvalue weighted by atomic mass is 16.2. The lowest BCUT2D eigenvalue weighted by atomic mass is 10.1. The van der Waals surface area contributed by atoms with Crippen LogP contribution in [0, 0.1) is 11.3 Å². The monoisotopic (exact) mass is 242 g/mol. The van der Waals surface area contributed by atoms with Crippen LogP contribution in [0.15, 0.2) is 40.1 Å². The molecule has 1 aromatic carbocycles. The molecule has 2 rings (SSSR count). The molecule has 2 aromatic rings. The van der Waals surface area contributed by atoms with Crippen molar-refractivity contribution in [3.8, 4) is 6.07 Å². The molecular formula is C12H10N4O2. The average Bonchev–Trinajstić information content (AvgIpc) is 2.36. The zero-order valence-corrected chi connectivity index (χ0v) is 9.38. The zero-order chi connectivity index (χ0) is 13.1. The van der Waals surface area contributed by atoms with E-state index in [9.17, 15) is 9.59 Å². The van der Waals surface area contributed by atoms with Crippen molar-refractivity contribution in [3.05, 3.63) is 62.4 Å². The lowest BCUT2D eigenvalue weighted by Gasteiger charge is -2.07. The number of nitrogens with zero attached hydrogens (tertiary/aromatic N) is 2. The molecule has 18 heavy (non-hydrogen) atoms. The van der Waals surface area contributed by atoms with Crippen LogP contribution >= 0.6 is 0 Å². The number of aromatic amines is 1. The summed E-state index contributed by atoms with van der Waals surface area (Å²) in [6.45, 7) is 0.184. The topological polar surface area (TPSA) is 105 Å². The maximum absolute atomic E-state index is 11.6. The van der Waals surface area contributed by atoms with Gasteiger partial charge in [0.2, 0.25) is 0 Å². The molecule has 90 valence electrons. The number of rotatable bonds is 2. The number of nitrogens with two attached hydrogens (primary N) is 1. The van der Waals surface area contributed by atoms with Gasteiger partial charge in [0.05, 0.1) is 18.2 Å². The molecule has 0 radical (unpaired) electrons. The minimum atomic E-state index is -0.607. The van der Waals surface area contributed by atoms with Gasteiger partial charge in [-0.05, 0) is 11.6 Å². The van der Waals surface area contributed by atoms with Crippen LogP contribution in [0.5, 0.6) is 0 Å². The van der Waals surface area contributed by atoms with Crippen LogP contribution in [0.25, 0.3) is 0 Å².